The maximum Gasteiger partial charge on any atom is 0.410 e. The molecule has 0 bridgehead atoms. The number of ether oxygens (including phenoxy) is 1. The summed E-state index contributed by atoms with van der Waals surface area (Å²) in [5.74, 6) is 0.763. The Morgan fingerprint density at radius 3 is 2.78 bits per heavy atom. The van der Waals surface area contributed by atoms with E-state index in [-0.39, 0.29) is 24.0 Å². The fraction of sp³-hybridized carbons (Fsp3) is 0.846. The van der Waals surface area contributed by atoms with Gasteiger partial charge >= 0.3 is 6.09 Å². The molecule has 18 heavy (non-hydrogen) atoms. The number of carbonyl (C=O) groups excluding carboxylic acids is 2. The van der Waals surface area contributed by atoms with E-state index in [4.69, 9.17) is 4.74 Å². The summed E-state index contributed by atoms with van der Waals surface area (Å²) in [6.45, 7) is 3.05. The number of hydrogen-bond donors (Lipinski definition) is 1. The van der Waals surface area contributed by atoms with Crippen molar-refractivity contribution in [2.45, 2.75) is 44.8 Å². The van der Waals surface area contributed by atoms with Gasteiger partial charge in [-0.3, -0.25) is 4.79 Å². The van der Waals surface area contributed by atoms with Crippen molar-refractivity contribution in [3.05, 3.63) is 0 Å². The minimum atomic E-state index is -0.216. The van der Waals surface area contributed by atoms with E-state index in [0.29, 0.717) is 25.0 Å². The van der Waals surface area contributed by atoms with Gasteiger partial charge in [0.25, 0.3) is 0 Å². The Labute approximate surface area is 107 Å². The molecule has 3 aliphatic rings. The van der Waals surface area contributed by atoms with Crippen LogP contribution in [0.3, 0.4) is 0 Å². The third-order valence-corrected chi connectivity index (χ3v) is 4.14. The predicted molar refractivity (Wildman–Crippen MR) is 64.9 cm³/mol. The van der Waals surface area contributed by atoms with Crippen molar-refractivity contribution in [1.29, 1.82) is 0 Å². The first-order valence-electron chi connectivity index (χ1n) is 6.90. The Hall–Kier alpha value is -1.26. The number of rotatable bonds is 5. The third kappa shape index (κ3) is 2.44. The molecule has 0 aromatic rings. The van der Waals surface area contributed by atoms with Crippen molar-refractivity contribution in [2.24, 2.45) is 11.8 Å². The zero-order valence-corrected chi connectivity index (χ0v) is 10.7. The van der Waals surface area contributed by atoms with Gasteiger partial charge in [0.1, 0.15) is 6.10 Å². The molecule has 0 radical (unpaired) electrons. The molecule has 0 spiro atoms. The highest BCUT2D eigenvalue weighted by atomic mass is 16.6. The van der Waals surface area contributed by atoms with Gasteiger partial charge in [-0.05, 0) is 31.6 Å². The van der Waals surface area contributed by atoms with Gasteiger partial charge in [0.05, 0.1) is 13.1 Å². The Bertz CT molecular complexity index is 363. The summed E-state index contributed by atoms with van der Waals surface area (Å²) in [4.78, 5) is 25.2. The lowest BCUT2D eigenvalue weighted by Crippen LogP contribution is -2.38. The number of cyclic esters (lactones) is 1. The standard InChI is InChI=1S/C13H20N2O3/c1-8(9-2-3-9)12(16)14-6-11-7-15(10-4-5-10)13(17)18-11/h8-11H,2-7H2,1H3,(H,14,16). The van der Waals surface area contributed by atoms with Crippen LogP contribution in [-0.4, -0.2) is 42.1 Å². The molecule has 2 aliphatic carbocycles. The molecule has 5 nitrogen and oxygen atoms in total. The lowest BCUT2D eigenvalue weighted by atomic mass is 10.1. The monoisotopic (exact) mass is 252 g/mol. The number of nitrogens with one attached hydrogen (secondary N) is 1. The van der Waals surface area contributed by atoms with Gasteiger partial charge in [0.15, 0.2) is 0 Å². The topological polar surface area (TPSA) is 58.6 Å². The van der Waals surface area contributed by atoms with Crippen LogP contribution in [0.15, 0.2) is 0 Å². The molecular formula is C13H20N2O3. The van der Waals surface area contributed by atoms with Crippen LogP contribution in [0.5, 0.6) is 0 Å². The maximum atomic E-state index is 11.8. The summed E-state index contributed by atoms with van der Waals surface area (Å²) in [5, 5.41) is 2.90. The molecular weight excluding hydrogens is 232 g/mol. The molecule has 1 saturated heterocycles. The first kappa shape index (κ1) is 11.8. The largest absolute Gasteiger partial charge is 0.442 e. The van der Waals surface area contributed by atoms with Gasteiger partial charge in [-0.2, -0.15) is 0 Å². The first-order chi connectivity index (χ1) is 8.65. The molecule has 2 amide bonds. The lowest BCUT2D eigenvalue weighted by molar-refractivity contribution is -0.125. The van der Waals surface area contributed by atoms with E-state index in [1.54, 1.807) is 4.90 Å². The average Bonchev–Trinajstić information content (AvgIpc) is 3.24. The van der Waals surface area contributed by atoms with Crippen molar-refractivity contribution >= 4 is 12.0 Å². The van der Waals surface area contributed by atoms with Gasteiger partial charge < -0.3 is 15.0 Å². The van der Waals surface area contributed by atoms with E-state index in [2.05, 4.69) is 5.32 Å². The van der Waals surface area contributed by atoms with Gasteiger partial charge in [0, 0.05) is 12.0 Å². The maximum absolute atomic E-state index is 11.8. The van der Waals surface area contributed by atoms with Gasteiger partial charge in [-0.15, -0.1) is 0 Å². The Morgan fingerprint density at radius 2 is 2.17 bits per heavy atom. The summed E-state index contributed by atoms with van der Waals surface area (Å²) in [6, 6.07) is 0.392. The minimum Gasteiger partial charge on any atom is -0.442 e. The van der Waals surface area contributed by atoms with Crippen LogP contribution >= 0.6 is 0 Å². The minimum absolute atomic E-state index is 0.0958. The van der Waals surface area contributed by atoms with E-state index in [9.17, 15) is 9.59 Å². The van der Waals surface area contributed by atoms with Crippen LogP contribution < -0.4 is 5.32 Å². The summed E-state index contributed by atoms with van der Waals surface area (Å²) >= 11 is 0. The van der Waals surface area contributed by atoms with Crippen molar-refractivity contribution in [1.82, 2.24) is 10.2 Å². The Balaban J connectivity index is 1.43. The first-order valence-corrected chi connectivity index (χ1v) is 6.90. The van der Waals surface area contributed by atoms with E-state index in [0.717, 1.165) is 12.8 Å². The number of hydrogen-bond acceptors (Lipinski definition) is 3. The van der Waals surface area contributed by atoms with E-state index in [1.165, 1.54) is 12.8 Å². The Kier molecular flexibility index (Phi) is 2.92. The molecule has 0 aromatic carbocycles. The highest BCUT2D eigenvalue weighted by Gasteiger charge is 2.41. The van der Waals surface area contributed by atoms with Gasteiger partial charge in [0.2, 0.25) is 5.91 Å². The SMILES string of the molecule is CC(C(=O)NCC1CN(C2CC2)C(=O)O1)C1CC1. The second-order valence-electron chi connectivity index (χ2n) is 5.76. The van der Waals surface area contributed by atoms with E-state index >= 15 is 0 Å². The van der Waals surface area contributed by atoms with E-state index < -0.39 is 0 Å². The van der Waals surface area contributed by atoms with Crippen molar-refractivity contribution in [2.75, 3.05) is 13.1 Å². The smallest absolute Gasteiger partial charge is 0.410 e. The highest BCUT2D eigenvalue weighted by molar-refractivity contribution is 5.79. The van der Waals surface area contributed by atoms with Crippen molar-refractivity contribution < 1.29 is 14.3 Å². The molecule has 100 valence electrons. The van der Waals surface area contributed by atoms with Crippen LogP contribution in [0.2, 0.25) is 0 Å². The zero-order valence-electron chi connectivity index (χ0n) is 10.7. The van der Waals surface area contributed by atoms with Crippen LogP contribution in [0.4, 0.5) is 4.79 Å². The fourth-order valence-corrected chi connectivity index (χ4v) is 2.52. The molecule has 2 saturated carbocycles. The summed E-state index contributed by atoms with van der Waals surface area (Å²) in [5.41, 5.74) is 0. The average molecular weight is 252 g/mol. The molecule has 5 heteroatoms. The second-order valence-corrected chi connectivity index (χ2v) is 5.76. The summed E-state index contributed by atoms with van der Waals surface area (Å²) in [6.07, 6.45) is 4.13. The molecule has 3 fully saturated rings. The quantitative estimate of drug-likeness (QED) is 0.798. The Morgan fingerprint density at radius 1 is 1.44 bits per heavy atom. The van der Waals surface area contributed by atoms with Gasteiger partial charge in [-0.25, -0.2) is 4.79 Å². The number of amides is 2. The number of nitrogens with zero attached hydrogens (tertiary/aromatic N) is 1. The molecule has 2 unspecified atom stereocenters. The second kappa shape index (κ2) is 4.44. The number of carbonyl (C=O) groups is 2. The molecule has 2 atom stereocenters. The van der Waals surface area contributed by atoms with Crippen LogP contribution in [0.1, 0.15) is 32.6 Å². The molecule has 0 aromatic heterocycles. The molecule has 1 N–H and O–H groups in total. The zero-order chi connectivity index (χ0) is 12.7. The molecule has 1 aliphatic heterocycles. The van der Waals surface area contributed by atoms with Gasteiger partial charge in [-0.1, -0.05) is 6.92 Å². The molecule has 1 heterocycles. The lowest BCUT2D eigenvalue weighted by Gasteiger charge is -2.14. The molecule has 3 rings (SSSR count). The van der Waals surface area contributed by atoms with Crippen LogP contribution in [0.25, 0.3) is 0 Å². The van der Waals surface area contributed by atoms with E-state index in [1.807, 2.05) is 6.92 Å². The van der Waals surface area contributed by atoms with Crippen LogP contribution in [-0.2, 0) is 9.53 Å². The van der Waals surface area contributed by atoms with Crippen molar-refractivity contribution in [3.63, 3.8) is 0 Å². The van der Waals surface area contributed by atoms with Crippen molar-refractivity contribution in [3.8, 4) is 0 Å². The normalized spacial score (nSPS) is 29.1. The fourth-order valence-electron chi connectivity index (χ4n) is 2.52. The highest BCUT2D eigenvalue weighted by Crippen LogP contribution is 2.36. The van der Waals surface area contributed by atoms with Crippen LogP contribution in [0, 0.1) is 11.8 Å². The summed E-state index contributed by atoms with van der Waals surface area (Å²) < 4.78 is 5.25. The third-order valence-electron chi connectivity index (χ3n) is 4.14. The summed E-state index contributed by atoms with van der Waals surface area (Å²) in [7, 11) is 0. The predicted octanol–water partition coefficient (Wildman–Crippen LogP) is 1.13.